The summed E-state index contributed by atoms with van der Waals surface area (Å²) in [5, 5.41) is 5.14. The predicted molar refractivity (Wildman–Crippen MR) is 92.4 cm³/mol. The minimum absolute atomic E-state index is 0.126. The van der Waals surface area contributed by atoms with Gasteiger partial charge < -0.3 is 14.8 Å². The zero-order valence-electron chi connectivity index (χ0n) is 14.6. The molecular formula is C16H24N6O3. The van der Waals surface area contributed by atoms with Gasteiger partial charge in [-0.05, 0) is 19.8 Å². The number of amides is 3. The maximum atomic E-state index is 12.2. The predicted octanol–water partition coefficient (Wildman–Crippen LogP) is -0.721. The van der Waals surface area contributed by atoms with Gasteiger partial charge >= 0.3 is 6.03 Å². The lowest BCUT2D eigenvalue weighted by molar-refractivity contribution is -0.124. The molecule has 2 fully saturated rings. The number of nitrogens with zero attached hydrogens (tertiary/aromatic N) is 4. The summed E-state index contributed by atoms with van der Waals surface area (Å²) in [6.07, 6.45) is 5.19. The second-order valence-corrected chi connectivity index (χ2v) is 6.60. The molecule has 1 aromatic heterocycles. The molecule has 0 radical (unpaired) electrons. The number of hydrogen-bond acceptors (Lipinski definition) is 6. The molecule has 9 heteroatoms. The number of imide groups is 1. The minimum Gasteiger partial charge on any atom is -0.349 e. The van der Waals surface area contributed by atoms with Gasteiger partial charge in [-0.2, -0.15) is 0 Å². The van der Waals surface area contributed by atoms with Gasteiger partial charge in [0.15, 0.2) is 5.82 Å². The Kier molecular flexibility index (Phi) is 5.03. The van der Waals surface area contributed by atoms with Crippen LogP contribution in [0, 0.1) is 0 Å². The number of rotatable bonds is 4. The van der Waals surface area contributed by atoms with Gasteiger partial charge in [0.25, 0.3) is 5.56 Å². The van der Waals surface area contributed by atoms with E-state index in [0.29, 0.717) is 32.0 Å². The Balaban J connectivity index is 1.52. The highest BCUT2D eigenvalue weighted by molar-refractivity contribution is 5.97. The molecule has 1 aromatic rings. The molecule has 1 aliphatic heterocycles. The molecule has 1 atom stereocenters. The maximum absolute atomic E-state index is 12.2. The van der Waals surface area contributed by atoms with Crippen LogP contribution in [0.15, 0.2) is 17.2 Å². The minimum atomic E-state index is -0.421. The largest absolute Gasteiger partial charge is 0.349 e. The molecule has 25 heavy (non-hydrogen) atoms. The molecule has 3 rings (SSSR count). The van der Waals surface area contributed by atoms with Crippen molar-refractivity contribution in [2.75, 3.05) is 31.1 Å². The van der Waals surface area contributed by atoms with Crippen molar-refractivity contribution in [3.63, 3.8) is 0 Å². The van der Waals surface area contributed by atoms with E-state index in [1.165, 1.54) is 4.57 Å². The third-order valence-electron chi connectivity index (χ3n) is 4.69. The van der Waals surface area contributed by atoms with Crippen LogP contribution in [-0.2, 0) is 11.8 Å². The normalized spacial score (nSPS) is 19.4. The molecule has 0 aromatic carbocycles. The fraction of sp³-hybridized carbons (Fsp3) is 0.625. The molecule has 136 valence electrons. The highest BCUT2D eigenvalue weighted by Gasteiger charge is 2.29. The quantitative estimate of drug-likeness (QED) is 0.745. The fourth-order valence-electron chi connectivity index (χ4n) is 2.85. The molecule has 3 amide bonds. The number of carbonyl (C=O) groups excluding carboxylic acids is 2. The number of aromatic nitrogens is 2. The average Bonchev–Trinajstić information content (AvgIpc) is 3.40. The summed E-state index contributed by atoms with van der Waals surface area (Å²) >= 11 is 0. The molecule has 2 aliphatic rings. The van der Waals surface area contributed by atoms with E-state index in [0.717, 1.165) is 12.8 Å². The summed E-state index contributed by atoms with van der Waals surface area (Å²) in [6.45, 7) is 4.25. The van der Waals surface area contributed by atoms with Gasteiger partial charge in [0.05, 0.1) is 6.04 Å². The summed E-state index contributed by atoms with van der Waals surface area (Å²) in [4.78, 5) is 44.2. The summed E-state index contributed by atoms with van der Waals surface area (Å²) in [5.74, 6) is 0.130. The Labute approximate surface area is 146 Å². The Morgan fingerprint density at radius 1 is 1.24 bits per heavy atom. The summed E-state index contributed by atoms with van der Waals surface area (Å²) < 4.78 is 1.50. The fourth-order valence-corrected chi connectivity index (χ4v) is 2.85. The molecular weight excluding hydrogens is 324 g/mol. The molecule has 2 N–H and O–H groups in total. The standard InChI is InChI=1S/C16H24N6O3/c1-11(14(23)19-16(25)18-12-3-4-12)21-7-9-22(10-8-21)13-15(24)20(2)6-5-17-13/h5-6,11-12H,3-4,7-10H2,1-2H3,(H2,18,19,23,25). The zero-order valence-corrected chi connectivity index (χ0v) is 14.6. The number of aryl methyl sites for hydroxylation is 1. The molecule has 2 heterocycles. The second-order valence-electron chi connectivity index (χ2n) is 6.60. The van der Waals surface area contributed by atoms with E-state index < -0.39 is 12.1 Å². The van der Waals surface area contributed by atoms with Crippen molar-refractivity contribution >= 4 is 17.8 Å². The average molecular weight is 348 g/mol. The number of anilines is 1. The smallest absolute Gasteiger partial charge is 0.321 e. The van der Waals surface area contributed by atoms with Gasteiger partial charge in [-0.25, -0.2) is 9.78 Å². The van der Waals surface area contributed by atoms with Gasteiger partial charge in [-0.1, -0.05) is 0 Å². The molecule has 9 nitrogen and oxygen atoms in total. The van der Waals surface area contributed by atoms with Crippen molar-refractivity contribution in [2.24, 2.45) is 7.05 Å². The SMILES string of the molecule is CC(C(=O)NC(=O)NC1CC1)N1CCN(c2nccn(C)c2=O)CC1. The highest BCUT2D eigenvalue weighted by atomic mass is 16.2. The summed E-state index contributed by atoms with van der Waals surface area (Å²) in [7, 11) is 1.70. The molecule has 1 saturated heterocycles. The third kappa shape index (κ3) is 4.16. The Bertz CT molecular complexity index is 706. The molecule has 0 bridgehead atoms. The van der Waals surface area contributed by atoms with E-state index in [4.69, 9.17) is 0 Å². The number of nitrogens with one attached hydrogen (secondary N) is 2. The first kappa shape index (κ1) is 17.4. The van der Waals surface area contributed by atoms with Crippen LogP contribution in [0.5, 0.6) is 0 Å². The van der Waals surface area contributed by atoms with Gasteiger partial charge in [-0.15, -0.1) is 0 Å². The van der Waals surface area contributed by atoms with Gasteiger partial charge in [0.1, 0.15) is 0 Å². The number of carbonyl (C=O) groups is 2. The van der Waals surface area contributed by atoms with Crippen LogP contribution in [0.4, 0.5) is 10.6 Å². The second kappa shape index (κ2) is 7.22. The third-order valence-corrected chi connectivity index (χ3v) is 4.69. The van der Waals surface area contributed by atoms with Crippen LogP contribution in [0.2, 0.25) is 0 Å². The van der Waals surface area contributed by atoms with Crippen molar-refractivity contribution < 1.29 is 9.59 Å². The Morgan fingerprint density at radius 2 is 1.92 bits per heavy atom. The van der Waals surface area contributed by atoms with E-state index in [1.807, 2.05) is 9.80 Å². The van der Waals surface area contributed by atoms with E-state index in [9.17, 15) is 14.4 Å². The monoisotopic (exact) mass is 348 g/mol. The van der Waals surface area contributed by atoms with Gasteiger partial charge in [-0.3, -0.25) is 19.8 Å². The molecule has 0 spiro atoms. The maximum Gasteiger partial charge on any atom is 0.321 e. The van der Waals surface area contributed by atoms with Crippen molar-refractivity contribution in [1.82, 2.24) is 25.1 Å². The van der Waals surface area contributed by atoms with E-state index in [1.54, 1.807) is 26.4 Å². The Morgan fingerprint density at radius 3 is 2.56 bits per heavy atom. The van der Waals surface area contributed by atoms with Crippen molar-refractivity contribution in [1.29, 1.82) is 0 Å². The first-order valence-corrected chi connectivity index (χ1v) is 8.57. The number of urea groups is 1. The highest BCUT2D eigenvalue weighted by Crippen LogP contribution is 2.18. The summed E-state index contributed by atoms with van der Waals surface area (Å²) in [5.41, 5.74) is -0.126. The topological polar surface area (TPSA) is 99.6 Å². The molecule has 1 unspecified atom stereocenters. The van der Waals surface area contributed by atoms with Crippen molar-refractivity contribution in [2.45, 2.75) is 31.8 Å². The lowest BCUT2D eigenvalue weighted by Crippen LogP contribution is -2.56. The van der Waals surface area contributed by atoms with E-state index >= 15 is 0 Å². The number of piperazine rings is 1. The molecule has 1 aliphatic carbocycles. The van der Waals surface area contributed by atoms with Crippen molar-refractivity contribution in [3.05, 3.63) is 22.7 Å². The Hall–Kier alpha value is -2.42. The van der Waals surface area contributed by atoms with Crippen LogP contribution in [0.25, 0.3) is 0 Å². The van der Waals surface area contributed by atoms with Crippen LogP contribution in [0.1, 0.15) is 19.8 Å². The van der Waals surface area contributed by atoms with E-state index in [2.05, 4.69) is 15.6 Å². The van der Waals surface area contributed by atoms with Crippen LogP contribution in [0.3, 0.4) is 0 Å². The molecule has 1 saturated carbocycles. The van der Waals surface area contributed by atoms with Gasteiger partial charge in [0.2, 0.25) is 5.91 Å². The van der Waals surface area contributed by atoms with E-state index in [-0.39, 0.29) is 17.5 Å². The number of hydrogen-bond donors (Lipinski definition) is 2. The van der Waals surface area contributed by atoms with Crippen LogP contribution < -0.4 is 21.1 Å². The lowest BCUT2D eigenvalue weighted by Gasteiger charge is -2.37. The van der Waals surface area contributed by atoms with Crippen LogP contribution >= 0.6 is 0 Å². The first-order chi connectivity index (χ1) is 12.0. The zero-order chi connectivity index (χ0) is 18.0. The van der Waals surface area contributed by atoms with Crippen molar-refractivity contribution in [3.8, 4) is 0 Å². The van der Waals surface area contributed by atoms with Crippen LogP contribution in [-0.4, -0.2) is 64.7 Å². The first-order valence-electron chi connectivity index (χ1n) is 8.57. The van der Waals surface area contributed by atoms with Gasteiger partial charge in [0, 0.05) is 51.7 Å². The summed E-state index contributed by atoms with van der Waals surface area (Å²) in [6, 6.07) is -0.610. The lowest BCUT2D eigenvalue weighted by atomic mass is 10.2.